The predicted octanol–water partition coefficient (Wildman–Crippen LogP) is -0.423. The van der Waals surface area contributed by atoms with Crippen molar-refractivity contribution in [1.29, 1.82) is 0 Å². The molecule has 0 aromatic rings. The molecule has 0 radical (unpaired) electrons. The Hall–Kier alpha value is -1.54. The molecule has 0 fully saturated rings. The van der Waals surface area contributed by atoms with E-state index >= 15 is 0 Å². The van der Waals surface area contributed by atoms with E-state index in [1.54, 1.807) is 0 Å². The number of halogens is 2. The average molecular weight is 305 g/mol. The van der Waals surface area contributed by atoms with Gasteiger partial charge in [-0.05, 0) is 30.1 Å². The van der Waals surface area contributed by atoms with E-state index in [1.807, 2.05) is 6.92 Å². The molecule has 0 aromatic heterocycles. The average Bonchev–Trinajstić information content (AvgIpc) is 2.36. The van der Waals surface area contributed by atoms with Crippen LogP contribution in [0.15, 0.2) is 20.0 Å². The van der Waals surface area contributed by atoms with Crippen molar-refractivity contribution in [3.63, 3.8) is 0 Å². The highest BCUT2D eigenvalue weighted by molar-refractivity contribution is 6.66. The molecule has 0 bridgehead atoms. The molecule has 8 nitrogen and oxygen atoms in total. The Labute approximate surface area is 120 Å². The summed E-state index contributed by atoms with van der Waals surface area (Å²) in [6.07, 6.45) is 0. The summed E-state index contributed by atoms with van der Waals surface area (Å²) < 4.78 is 0. The zero-order valence-electron chi connectivity index (χ0n) is 10.2. The molecular weight excluding hydrogens is 291 g/mol. The molecule has 0 saturated carbocycles. The summed E-state index contributed by atoms with van der Waals surface area (Å²) in [4.78, 5) is 16.0. The van der Waals surface area contributed by atoms with Crippen LogP contribution in [-0.2, 0) is 0 Å². The summed E-state index contributed by atoms with van der Waals surface area (Å²) in [5.74, 6) is 1.21. The van der Waals surface area contributed by atoms with Gasteiger partial charge >= 0.3 is 0 Å². The summed E-state index contributed by atoms with van der Waals surface area (Å²) in [6.45, 7) is 3.28. The summed E-state index contributed by atoms with van der Waals surface area (Å²) in [6, 6.07) is 0.107. The molecule has 1 unspecified atom stereocenters. The van der Waals surface area contributed by atoms with Crippen molar-refractivity contribution in [2.24, 2.45) is 20.0 Å². The van der Waals surface area contributed by atoms with Crippen LogP contribution in [0.2, 0.25) is 0 Å². The van der Waals surface area contributed by atoms with Crippen LogP contribution < -0.4 is 21.3 Å². The van der Waals surface area contributed by atoms with Gasteiger partial charge in [-0.25, -0.2) is 20.0 Å². The van der Waals surface area contributed by atoms with E-state index < -0.39 is 0 Å². The lowest BCUT2D eigenvalue weighted by Crippen LogP contribution is -2.51. The number of nitrogens with zero attached hydrogens (tertiary/aromatic N) is 4. The van der Waals surface area contributed by atoms with Crippen LogP contribution in [0.3, 0.4) is 0 Å². The van der Waals surface area contributed by atoms with E-state index in [2.05, 4.69) is 41.2 Å². The minimum Gasteiger partial charge on any atom is -0.354 e. The Bertz CT molecular complexity index is 455. The quantitative estimate of drug-likeness (QED) is 0.532. The Balaban J connectivity index is 1.72. The first-order valence-corrected chi connectivity index (χ1v) is 6.42. The Morgan fingerprint density at radius 1 is 1.05 bits per heavy atom. The number of rotatable bonds is 3. The zero-order valence-corrected chi connectivity index (χ0v) is 11.8. The fraction of sp³-hybridized carbons (Fsp3) is 0.556. The van der Waals surface area contributed by atoms with Gasteiger partial charge in [0, 0.05) is 12.6 Å². The van der Waals surface area contributed by atoms with Gasteiger partial charge < -0.3 is 21.3 Å². The van der Waals surface area contributed by atoms with E-state index in [0.29, 0.717) is 42.4 Å². The van der Waals surface area contributed by atoms with Gasteiger partial charge in [-0.1, -0.05) is 0 Å². The second kappa shape index (κ2) is 6.58. The summed E-state index contributed by atoms with van der Waals surface area (Å²) in [5.41, 5.74) is 0. The summed E-state index contributed by atoms with van der Waals surface area (Å²) >= 11 is 11.5. The lowest BCUT2D eigenvalue weighted by molar-refractivity contribution is 0.625. The van der Waals surface area contributed by atoms with Gasteiger partial charge in [-0.15, -0.1) is 0 Å². The van der Waals surface area contributed by atoms with Crippen molar-refractivity contribution >= 4 is 45.7 Å². The first kappa shape index (κ1) is 13.9. The molecule has 2 aliphatic heterocycles. The van der Waals surface area contributed by atoms with Crippen LogP contribution in [0.4, 0.5) is 0 Å². The highest BCUT2D eigenvalue weighted by Crippen LogP contribution is 1.92. The maximum absolute atomic E-state index is 5.76. The van der Waals surface area contributed by atoms with Gasteiger partial charge in [0.15, 0.2) is 22.5 Å². The number of aliphatic imine (C=N–C) groups is 4. The molecule has 0 spiro atoms. The minimum atomic E-state index is 0.107. The molecule has 1 atom stereocenters. The second-order valence-electron chi connectivity index (χ2n) is 3.87. The van der Waals surface area contributed by atoms with Crippen LogP contribution >= 0.6 is 23.2 Å². The van der Waals surface area contributed by atoms with Crippen LogP contribution in [0.1, 0.15) is 6.92 Å². The van der Waals surface area contributed by atoms with E-state index in [9.17, 15) is 0 Å². The van der Waals surface area contributed by atoms with Crippen molar-refractivity contribution in [3.8, 4) is 0 Å². The Kier molecular flexibility index (Phi) is 4.80. The molecule has 4 N–H and O–H groups in total. The molecule has 19 heavy (non-hydrogen) atoms. The van der Waals surface area contributed by atoms with E-state index in [-0.39, 0.29) is 6.04 Å². The van der Waals surface area contributed by atoms with Gasteiger partial charge in [0.05, 0.1) is 0 Å². The number of amidine groups is 2. The summed E-state index contributed by atoms with van der Waals surface area (Å²) in [5, 5.41) is 12.6. The molecule has 2 rings (SSSR count). The number of hydrogen-bond acceptors (Lipinski definition) is 8. The van der Waals surface area contributed by atoms with E-state index in [4.69, 9.17) is 23.2 Å². The monoisotopic (exact) mass is 304 g/mol. The van der Waals surface area contributed by atoms with Crippen LogP contribution in [0.25, 0.3) is 0 Å². The number of nitrogens with one attached hydrogen (secondary N) is 4. The first-order valence-electron chi connectivity index (χ1n) is 5.67. The van der Waals surface area contributed by atoms with Gasteiger partial charge in [-0.2, -0.15) is 0 Å². The zero-order chi connectivity index (χ0) is 13.7. The third-order valence-electron chi connectivity index (χ3n) is 2.28. The van der Waals surface area contributed by atoms with Crippen LogP contribution in [-0.4, -0.2) is 48.4 Å². The number of guanidine groups is 2. The molecule has 0 amide bonds. The van der Waals surface area contributed by atoms with Crippen molar-refractivity contribution < 1.29 is 0 Å². The third kappa shape index (κ3) is 4.56. The molecule has 0 saturated heterocycles. The molecule has 0 aromatic carbocycles. The normalized spacial score (nSPS) is 19.9. The Morgan fingerprint density at radius 3 is 2.26 bits per heavy atom. The Morgan fingerprint density at radius 2 is 1.63 bits per heavy atom. The minimum absolute atomic E-state index is 0.107. The maximum Gasteiger partial charge on any atom is 0.199 e. The summed E-state index contributed by atoms with van der Waals surface area (Å²) in [7, 11) is 0. The highest BCUT2D eigenvalue weighted by atomic mass is 35.5. The maximum atomic E-state index is 5.76. The molecule has 0 aliphatic carbocycles. The molecule has 104 valence electrons. The van der Waals surface area contributed by atoms with E-state index in [1.165, 1.54) is 0 Å². The number of hydrogen-bond donors (Lipinski definition) is 4. The molecular formula is C9H14Cl2N8. The van der Waals surface area contributed by atoms with Gasteiger partial charge in [0.2, 0.25) is 0 Å². The van der Waals surface area contributed by atoms with Gasteiger partial charge in [0.25, 0.3) is 0 Å². The van der Waals surface area contributed by atoms with Crippen LogP contribution in [0, 0.1) is 0 Å². The largest absolute Gasteiger partial charge is 0.354 e. The second-order valence-corrected chi connectivity index (χ2v) is 4.59. The van der Waals surface area contributed by atoms with Gasteiger partial charge in [-0.3, -0.25) is 0 Å². The van der Waals surface area contributed by atoms with Crippen molar-refractivity contribution in [2.45, 2.75) is 13.0 Å². The van der Waals surface area contributed by atoms with Crippen LogP contribution in [0.5, 0.6) is 0 Å². The van der Waals surface area contributed by atoms with Gasteiger partial charge in [0.1, 0.15) is 13.3 Å². The first-order chi connectivity index (χ1) is 9.13. The topological polar surface area (TPSA) is 97.6 Å². The predicted molar refractivity (Wildman–Crippen MR) is 78.1 cm³/mol. The van der Waals surface area contributed by atoms with Crippen molar-refractivity contribution in [2.75, 3.05) is 19.9 Å². The van der Waals surface area contributed by atoms with Crippen molar-refractivity contribution in [1.82, 2.24) is 21.3 Å². The molecule has 2 heterocycles. The fourth-order valence-electron chi connectivity index (χ4n) is 1.41. The lowest BCUT2D eigenvalue weighted by atomic mass is 10.3. The standard InChI is InChI=1S/C9H14Cl2N8/c1-5(17-9-16-4-14-7(11)19-9)2-12-8-15-3-13-6(10)18-8/h5H,2-4H2,1H3,(H2,12,13,15,18)(H2,14,16,17,19). The highest BCUT2D eigenvalue weighted by Gasteiger charge is 2.11. The molecule has 2 aliphatic rings. The van der Waals surface area contributed by atoms with E-state index in [0.717, 1.165) is 0 Å². The van der Waals surface area contributed by atoms with Crippen molar-refractivity contribution in [3.05, 3.63) is 0 Å². The SMILES string of the molecule is CC(CNC1=NCN=C(Cl)N1)NC1=NCN=C(Cl)N1. The third-order valence-corrected chi connectivity index (χ3v) is 2.71. The molecule has 10 heteroatoms. The fourth-order valence-corrected chi connectivity index (χ4v) is 1.69. The smallest absolute Gasteiger partial charge is 0.199 e. The lowest BCUT2D eigenvalue weighted by Gasteiger charge is -2.21.